The summed E-state index contributed by atoms with van der Waals surface area (Å²) in [6.07, 6.45) is 3.47. The van der Waals surface area contributed by atoms with Crippen LogP contribution in [0.3, 0.4) is 0 Å². The molecule has 2 aromatic rings. The molecule has 110 valence electrons. The van der Waals surface area contributed by atoms with E-state index in [0.717, 1.165) is 34.2 Å². The molecular formula is C17H16N4S. The van der Waals surface area contributed by atoms with Gasteiger partial charge in [-0.3, -0.25) is 0 Å². The lowest BCUT2D eigenvalue weighted by Crippen LogP contribution is -2.21. The minimum atomic E-state index is 0.106. The maximum atomic E-state index is 8.77. The van der Waals surface area contributed by atoms with Crippen molar-refractivity contribution in [2.45, 2.75) is 13.8 Å². The number of benzene rings is 1. The second-order valence-electron chi connectivity index (χ2n) is 4.58. The molecule has 0 unspecified atom stereocenters. The van der Waals surface area contributed by atoms with Gasteiger partial charge in [0.2, 0.25) is 0 Å². The third-order valence-electron chi connectivity index (χ3n) is 3.27. The molecule has 1 aromatic carbocycles. The standard InChI is InChI=1S/C17H16N4S/c1-3-21(4-2)17-20-12-16(22-17)15-7-5-13(6-8-15)9-14(10-18)11-19/h5-9,12H,3-4H2,1-2H3. The first-order chi connectivity index (χ1) is 10.7. The summed E-state index contributed by atoms with van der Waals surface area (Å²) < 4.78 is 0. The predicted molar refractivity (Wildman–Crippen MR) is 90.3 cm³/mol. The number of aromatic nitrogens is 1. The van der Waals surface area contributed by atoms with Crippen LogP contribution in [0.15, 0.2) is 36.0 Å². The zero-order chi connectivity index (χ0) is 15.9. The van der Waals surface area contributed by atoms with E-state index in [1.807, 2.05) is 42.6 Å². The second-order valence-corrected chi connectivity index (χ2v) is 5.59. The summed E-state index contributed by atoms with van der Waals surface area (Å²) >= 11 is 1.67. The number of allylic oxidation sites excluding steroid dienone is 1. The van der Waals surface area contributed by atoms with E-state index in [0.29, 0.717) is 0 Å². The minimum Gasteiger partial charge on any atom is -0.349 e. The summed E-state index contributed by atoms with van der Waals surface area (Å²) in [4.78, 5) is 7.81. The van der Waals surface area contributed by atoms with E-state index >= 15 is 0 Å². The predicted octanol–water partition coefficient (Wildman–Crippen LogP) is 4.09. The summed E-state index contributed by atoms with van der Waals surface area (Å²) in [7, 11) is 0. The molecule has 0 spiro atoms. The van der Waals surface area contributed by atoms with Crippen molar-refractivity contribution in [3.8, 4) is 22.6 Å². The number of hydrogen-bond donors (Lipinski definition) is 0. The maximum absolute atomic E-state index is 8.77. The lowest BCUT2D eigenvalue weighted by molar-refractivity contribution is 0.860. The Kier molecular flexibility index (Phi) is 5.30. The molecule has 1 heterocycles. The molecule has 2 rings (SSSR count). The fraction of sp³-hybridized carbons (Fsp3) is 0.235. The molecule has 1 aromatic heterocycles. The molecular weight excluding hydrogens is 292 g/mol. The van der Waals surface area contributed by atoms with Gasteiger partial charge in [-0.2, -0.15) is 10.5 Å². The maximum Gasteiger partial charge on any atom is 0.185 e. The molecule has 0 saturated carbocycles. The Balaban J connectivity index is 2.23. The van der Waals surface area contributed by atoms with E-state index < -0.39 is 0 Å². The first kappa shape index (κ1) is 15.8. The fourth-order valence-electron chi connectivity index (χ4n) is 2.04. The van der Waals surface area contributed by atoms with Crippen LogP contribution >= 0.6 is 11.3 Å². The van der Waals surface area contributed by atoms with Crippen molar-refractivity contribution in [1.29, 1.82) is 10.5 Å². The number of hydrogen-bond acceptors (Lipinski definition) is 5. The van der Waals surface area contributed by atoms with Crippen molar-refractivity contribution in [3.63, 3.8) is 0 Å². The van der Waals surface area contributed by atoms with Crippen molar-refractivity contribution < 1.29 is 0 Å². The second kappa shape index (κ2) is 7.40. The van der Waals surface area contributed by atoms with Gasteiger partial charge in [-0.15, -0.1) is 0 Å². The van der Waals surface area contributed by atoms with Crippen molar-refractivity contribution >= 4 is 22.5 Å². The Hall–Kier alpha value is -2.63. The van der Waals surface area contributed by atoms with E-state index in [2.05, 4.69) is 23.7 Å². The largest absolute Gasteiger partial charge is 0.349 e. The van der Waals surface area contributed by atoms with Crippen LogP contribution in [0.25, 0.3) is 16.5 Å². The molecule has 4 nitrogen and oxygen atoms in total. The Morgan fingerprint density at radius 1 is 1.18 bits per heavy atom. The Morgan fingerprint density at radius 3 is 2.36 bits per heavy atom. The van der Waals surface area contributed by atoms with Crippen molar-refractivity contribution in [2.24, 2.45) is 0 Å². The fourth-order valence-corrected chi connectivity index (χ4v) is 3.09. The molecule has 22 heavy (non-hydrogen) atoms. The van der Waals surface area contributed by atoms with Crippen LogP contribution in [0.5, 0.6) is 0 Å². The molecule has 0 N–H and O–H groups in total. The van der Waals surface area contributed by atoms with Gasteiger partial charge in [0, 0.05) is 19.3 Å². The van der Waals surface area contributed by atoms with Gasteiger partial charge in [0.05, 0.1) is 4.88 Å². The van der Waals surface area contributed by atoms with Gasteiger partial charge >= 0.3 is 0 Å². The normalized spacial score (nSPS) is 9.64. The van der Waals surface area contributed by atoms with Crippen LogP contribution in [0.1, 0.15) is 19.4 Å². The van der Waals surface area contributed by atoms with Crippen LogP contribution in [0, 0.1) is 22.7 Å². The zero-order valence-electron chi connectivity index (χ0n) is 12.6. The number of rotatable bonds is 5. The lowest BCUT2D eigenvalue weighted by atomic mass is 10.1. The highest BCUT2D eigenvalue weighted by molar-refractivity contribution is 7.18. The van der Waals surface area contributed by atoms with Gasteiger partial charge in [0.1, 0.15) is 17.7 Å². The van der Waals surface area contributed by atoms with Gasteiger partial charge in [-0.25, -0.2) is 4.98 Å². The summed E-state index contributed by atoms with van der Waals surface area (Å²) in [5, 5.41) is 18.6. The quantitative estimate of drug-likeness (QED) is 0.780. The van der Waals surface area contributed by atoms with Crippen LogP contribution < -0.4 is 4.90 Å². The summed E-state index contributed by atoms with van der Waals surface area (Å²) in [5.41, 5.74) is 2.04. The molecule has 0 atom stereocenters. The van der Waals surface area contributed by atoms with Gasteiger partial charge < -0.3 is 4.90 Å². The summed E-state index contributed by atoms with van der Waals surface area (Å²) in [5.74, 6) is 0. The van der Waals surface area contributed by atoms with Gasteiger partial charge in [-0.05, 0) is 31.1 Å². The number of nitrogens with zero attached hydrogens (tertiary/aromatic N) is 4. The molecule has 0 aliphatic heterocycles. The van der Waals surface area contributed by atoms with Gasteiger partial charge in [0.25, 0.3) is 0 Å². The highest BCUT2D eigenvalue weighted by Crippen LogP contribution is 2.31. The average molecular weight is 308 g/mol. The summed E-state index contributed by atoms with van der Waals surface area (Å²) in [6, 6.07) is 11.5. The molecule has 0 bridgehead atoms. The highest BCUT2D eigenvalue weighted by atomic mass is 32.1. The molecule has 0 radical (unpaired) electrons. The minimum absolute atomic E-state index is 0.106. The van der Waals surface area contributed by atoms with Crippen molar-refractivity contribution in [3.05, 3.63) is 41.6 Å². The van der Waals surface area contributed by atoms with E-state index in [1.54, 1.807) is 17.4 Å². The smallest absolute Gasteiger partial charge is 0.185 e. The van der Waals surface area contributed by atoms with Crippen LogP contribution in [-0.2, 0) is 0 Å². The number of thiazole rings is 1. The average Bonchev–Trinajstić information content (AvgIpc) is 3.04. The van der Waals surface area contributed by atoms with Crippen molar-refractivity contribution in [2.75, 3.05) is 18.0 Å². The summed E-state index contributed by atoms with van der Waals surface area (Å²) in [6.45, 7) is 6.12. The third kappa shape index (κ3) is 3.52. The number of nitriles is 2. The molecule has 0 aliphatic carbocycles. The molecule has 0 aliphatic rings. The lowest BCUT2D eigenvalue weighted by Gasteiger charge is -2.16. The Morgan fingerprint density at radius 2 is 1.82 bits per heavy atom. The Bertz CT molecular complexity index is 724. The molecule has 0 fully saturated rings. The third-order valence-corrected chi connectivity index (χ3v) is 4.38. The monoisotopic (exact) mass is 308 g/mol. The SMILES string of the molecule is CCN(CC)c1ncc(-c2ccc(C=C(C#N)C#N)cc2)s1. The van der Waals surface area contributed by atoms with E-state index in [1.165, 1.54) is 0 Å². The number of anilines is 1. The van der Waals surface area contributed by atoms with Crippen molar-refractivity contribution in [1.82, 2.24) is 4.98 Å². The zero-order valence-corrected chi connectivity index (χ0v) is 13.4. The van der Waals surface area contributed by atoms with E-state index in [4.69, 9.17) is 10.5 Å². The first-order valence-electron chi connectivity index (χ1n) is 7.04. The first-order valence-corrected chi connectivity index (χ1v) is 7.86. The van der Waals surface area contributed by atoms with Crippen LogP contribution in [0.4, 0.5) is 5.13 Å². The Labute approximate surface area is 134 Å². The van der Waals surface area contributed by atoms with Crippen LogP contribution in [0.2, 0.25) is 0 Å². The molecule has 0 amide bonds. The molecule has 5 heteroatoms. The van der Waals surface area contributed by atoms with Gasteiger partial charge in [0.15, 0.2) is 5.13 Å². The highest BCUT2D eigenvalue weighted by Gasteiger charge is 2.09. The van der Waals surface area contributed by atoms with Crippen LogP contribution in [-0.4, -0.2) is 18.1 Å². The topological polar surface area (TPSA) is 63.7 Å². The van der Waals surface area contributed by atoms with E-state index in [-0.39, 0.29) is 5.57 Å². The van der Waals surface area contributed by atoms with Gasteiger partial charge in [-0.1, -0.05) is 35.6 Å². The molecule has 0 saturated heterocycles. The van der Waals surface area contributed by atoms with E-state index in [9.17, 15) is 0 Å².